The van der Waals surface area contributed by atoms with Crippen molar-refractivity contribution in [3.63, 3.8) is 0 Å². The van der Waals surface area contributed by atoms with E-state index in [9.17, 15) is 14.7 Å². The highest BCUT2D eigenvalue weighted by molar-refractivity contribution is 6.11. The number of anilines is 1. The molecule has 0 spiro atoms. The van der Waals surface area contributed by atoms with Crippen LogP contribution in [0.15, 0.2) is 24.3 Å². The minimum atomic E-state index is -0.661. The molecule has 0 bridgehead atoms. The Bertz CT molecular complexity index is 622. The zero-order valence-corrected chi connectivity index (χ0v) is 11.3. The fraction of sp³-hybridized carbons (Fsp3) is 0.333. The molecule has 0 aromatic heterocycles. The van der Waals surface area contributed by atoms with E-state index in [1.54, 1.807) is 24.3 Å². The van der Waals surface area contributed by atoms with Crippen molar-refractivity contribution in [2.45, 2.75) is 18.6 Å². The molecule has 1 aromatic carbocycles. The summed E-state index contributed by atoms with van der Waals surface area (Å²) in [5.41, 5.74) is 0.997. The van der Waals surface area contributed by atoms with Gasteiger partial charge in [-0.05, 0) is 12.1 Å². The second-order valence-corrected chi connectivity index (χ2v) is 5.01. The zero-order chi connectivity index (χ0) is 14.3. The van der Waals surface area contributed by atoms with Gasteiger partial charge in [0, 0.05) is 13.0 Å². The van der Waals surface area contributed by atoms with Gasteiger partial charge in [-0.2, -0.15) is 0 Å². The standard InChI is InChI=1S/C15H14N2O3.H2O/c1-2-7-16-12-6-4-3-5-11(12)14(19)17-9-10(18)8-13(17)15(16)20;/h1,3-6,10,13,18H,7-9H2;1H2/t10-,13+;/m1./s1. The number of aliphatic hydroxyl groups excluding tert-OH is 1. The first kappa shape index (κ1) is 15.0. The lowest BCUT2D eigenvalue weighted by Crippen LogP contribution is -2.45. The molecule has 6 heteroatoms. The monoisotopic (exact) mass is 288 g/mol. The number of rotatable bonds is 1. The van der Waals surface area contributed by atoms with Crippen LogP contribution < -0.4 is 4.90 Å². The van der Waals surface area contributed by atoms with Gasteiger partial charge in [0.1, 0.15) is 6.04 Å². The molecule has 2 aliphatic rings. The quantitative estimate of drug-likeness (QED) is 0.700. The molecular weight excluding hydrogens is 272 g/mol. The van der Waals surface area contributed by atoms with Crippen molar-refractivity contribution in [1.29, 1.82) is 0 Å². The summed E-state index contributed by atoms with van der Waals surface area (Å²) in [6.07, 6.45) is 4.94. The normalized spacial score (nSPS) is 23.8. The molecule has 6 nitrogen and oxygen atoms in total. The summed E-state index contributed by atoms with van der Waals surface area (Å²) in [4.78, 5) is 28.0. The predicted octanol–water partition coefficient (Wildman–Crippen LogP) is -0.583. The number of terminal acetylenes is 1. The van der Waals surface area contributed by atoms with Gasteiger partial charge < -0.3 is 15.5 Å². The number of nitrogens with zero attached hydrogens (tertiary/aromatic N) is 2. The third-order valence-electron chi connectivity index (χ3n) is 3.77. The third-order valence-corrected chi connectivity index (χ3v) is 3.77. The van der Waals surface area contributed by atoms with Gasteiger partial charge in [-0.25, -0.2) is 0 Å². The van der Waals surface area contributed by atoms with Gasteiger partial charge in [-0.3, -0.25) is 14.5 Å². The molecule has 0 radical (unpaired) electrons. The van der Waals surface area contributed by atoms with Crippen LogP contribution >= 0.6 is 0 Å². The minimum absolute atomic E-state index is 0. The van der Waals surface area contributed by atoms with Crippen molar-refractivity contribution in [2.75, 3.05) is 18.0 Å². The van der Waals surface area contributed by atoms with E-state index in [0.29, 0.717) is 11.3 Å². The summed E-state index contributed by atoms with van der Waals surface area (Å²) in [6, 6.07) is 6.30. The Kier molecular flexibility index (Phi) is 3.98. The van der Waals surface area contributed by atoms with Crippen molar-refractivity contribution in [1.82, 2.24) is 4.90 Å². The van der Waals surface area contributed by atoms with Gasteiger partial charge in [0.05, 0.1) is 23.9 Å². The maximum atomic E-state index is 12.6. The molecule has 1 saturated heterocycles. The molecule has 1 fully saturated rings. The second-order valence-electron chi connectivity index (χ2n) is 5.01. The Morgan fingerprint density at radius 1 is 1.33 bits per heavy atom. The van der Waals surface area contributed by atoms with Crippen LogP contribution in [0.4, 0.5) is 5.69 Å². The molecule has 3 N–H and O–H groups in total. The highest BCUT2D eigenvalue weighted by Gasteiger charge is 2.44. The average molecular weight is 288 g/mol. The van der Waals surface area contributed by atoms with Crippen LogP contribution in [0.5, 0.6) is 0 Å². The van der Waals surface area contributed by atoms with Crippen LogP contribution in [0, 0.1) is 12.3 Å². The van der Waals surface area contributed by atoms with E-state index in [2.05, 4.69) is 5.92 Å². The number of hydrogen-bond donors (Lipinski definition) is 1. The Balaban J connectivity index is 0.00000161. The van der Waals surface area contributed by atoms with E-state index in [1.165, 1.54) is 9.80 Å². The fourth-order valence-electron chi connectivity index (χ4n) is 2.87. The van der Waals surface area contributed by atoms with E-state index >= 15 is 0 Å². The zero-order valence-electron chi connectivity index (χ0n) is 11.3. The van der Waals surface area contributed by atoms with Gasteiger partial charge in [0.15, 0.2) is 0 Å². The van der Waals surface area contributed by atoms with Crippen molar-refractivity contribution >= 4 is 17.5 Å². The average Bonchev–Trinajstić information content (AvgIpc) is 2.82. The molecule has 1 aromatic rings. The van der Waals surface area contributed by atoms with Crippen molar-refractivity contribution in [2.24, 2.45) is 0 Å². The van der Waals surface area contributed by atoms with Crippen LogP contribution in [0.25, 0.3) is 0 Å². The number of amides is 2. The highest BCUT2D eigenvalue weighted by atomic mass is 16.3. The third kappa shape index (κ3) is 2.27. The minimum Gasteiger partial charge on any atom is -0.412 e. The summed E-state index contributed by atoms with van der Waals surface area (Å²) in [5.74, 6) is 2.00. The number of carbonyl (C=O) groups is 2. The Morgan fingerprint density at radius 2 is 2.05 bits per heavy atom. The molecule has 110 valence electrons. The molecule has 0 saturated carbocycles. The summed E-state index contributed by atoms with van der Waals surface area (Å²) in [5, 5.41) is 9.75. The first-order chi connectivity index (χ1) is 9.63. The second kappa shape index (κ2) is 5.56. The maximum Gasteiger partial charge on any atom is 0.256 e. The van der Waals surface area contributed by atoms with Crippen LogP contribution in [0.1, 0.15) is 16.8 Å². The smallest absolute Gasteiger partial charge is 0.256 e. The van der Waals surface area contributed by atoms with Crippen LogP contribution in [-0.4, -0.2) is 52.5 Å². The SMILES string of the molecule is C#CCN1C(=O)[C@@H]2C[C@@H](O)CN2C(=O)c2ccccc21.O. The van der Waals surface area contributed by atoms with Crippen molar-refractivity contribution in [3.05, 3.63) is 29.8 Å². The molecule has 2 aliphatic heterocycles. The molecule has 2 atom stereocenters. The molecule has 3 rings (SSSR count). The molecule has 2 heterocycles. The molecule has 21 heavy (non-hydrogen) atoms. The van der Waals surface area contributed by atoms with Gasteiger partial charge in [0.2, 0.25) is 0 Å². The van der Waals surface area contributed by atoms with Gasteiger partial charge in [-0.1, -0.05) is 18.1 Å². The van der Waals surface area contributed by atoms with Crippen molar-refractivity contribution in [3.8, 4) is 12.3 Å². The maximum absolute atomic E-state index is 12.6. The van der Waals surface area contributed by atoms with Crippen LogP contribution in [-0.2, 0) is 4.79 Å². The van der Waals surface area contributed by atoms with Gasteiger partial charge >= 0.3 is 0 Å². The van der Waals surface area contributed by atoms with E-state index < -0.39 is 12.1 Å². The van der Waals surface area contributed by atoms with Gasteiger partial charge in [0.25, 0.3) is 11.8 Å². The summed E-state index contributed by atoms with van der Waals surface area (Å²) in [7, 11) is 0. The lowest BCUT2D eigenvalue weighted by Gasteiger charge is -2.23. The summed E-state index contributed by atoms with van der Waals surface area (Å²) < 4.78 is 0. The van der Waals surface area contributed by atoms with Gasteiger partial charge in [-0.15, -0.1) is 6.42 Å². The lowest BCUT2D eigenvalue weighted by molar-refractivity contribution is -0.122. The molecule has 2 amide bonds. The molecule has 0 aliphatic carbocycles. The molecular formula is C15H16N2O4. The first-order valence-electron chi connectivity index (χ1n) is 6.46. The van der Waals surface area contributed by atoms with E-state index in [1.807, 2.05) is 0 Å². The number of benzene rings is 1. The van der Waals surface area contributed by atoms with Crippen molar-refractivity contribution < 1.29 is 20.2 Å². The van der Waals surface area contributed by atoms with Crippen LogP contribution in [0.3, 0.4) is 0 Å². The predicted molar refractivity (Wildman–Crippen MR) is 76.7 cm³/mol. The van der Waals surface area contributed by atoms with Crippen LogP contribution in [0.2, 0.25) is 0 Å². The number of carbonyl (C=O) groups excluding carboxylic acids is 2. The first-order valence-corrected chi connectivity index (χ1v) is 6.46. The Morgan fingerprint density at radius 3 is 2.76 bits per heavy atom. The van der Waals surface area contributed by atoms with E-state index in [-0.39, 0.29) is 36.8 Å². The number of aliphatic hydroxyl groups is 1. The Labute approximate surface area is 122 Å². The Hall–Kier alpha value is -2.36. The van der Waals surface area contributed by atoms with E-state index in [4.69, 9.17) is 6.42 Å². The lowest BCUT2D eigenvalue weighted by atomic mass is 10.1. The molecule has 0 unspecified atom stereocenters. The summed E-state index contributed by atoms with van der Waals surface area (Å²) in [6.45, 7) is 0.303. The number of fused-ring (bicyclic) bond motifs is 2. The van der Waals surface area contributed by atoms with E-state index in [0.717, 1.165) is 0 Å². The largest absolute Gasteiger partial charge is 0.412 e. The topological polar surface area (TPSA) is 92.4 Å². The highest BCUT2D eigenvalue weighted by Crippen LogP contribution is 2.32. The number of hydrogen-bond acceptors (Lipinski definition) is 3. The summed E-state index contributed by atoms with van der Waals surface area (Å²) >= 11 is 0. The number of para-hydroxylation sites is 1. The fourth-order valence-corrected chi connectivity index (χ4v) is 2.87.